The van der Waals surface area contributed by atoms with Crippen molar-refractivity contribution in [3.05, 3.63) is 118 Å². The lowest BCUT2D eigenvalue weighted by Gasteiger charge is -2.23. The van der Waals surface area contributed by atoms with Gasteiger partial charge in [-0.3, -0.25) is 9.59 Å². The van der Waals surface area contributed by atoms with Crippen LogP contribution >= 0.6 is 35.0 Å². The summed E-state index contributed by atoms with van der Waals surface area (Å²) in [4.78, 5) is 29.8. The number of ether oxygens (including phenoxy) is 1. The first-order valence-electron chi connectivity index (χ1n) is 10.7. The zero-order valence-electron chi connectivity index (χ0n) is 18.9. The number of carbonyl (C=O) groups excluding carboxylic acids is 2. The topological polar surface area (TPSA) is 70.4 Å². The number of imide groups is 1. The number of anilines is 1. The van der Waals surface area contributed by atoms with Crippen LogP contribution in [0.3, 0.4) is 0 Å². The van der Waals surface area contributed by atoms with Gasteiger partial charge in [0.15, 0.2) is 0 Å². The van der Waals surface area contributed by atoms with Crippen molar-refractivity contribution in [2.75, 3.05) is 12.0 Å². The van der Waals surface area contributed by atoms with Crippen molar-refractivity contribution in [2.45, 2.75) is 9.79 Å². The van der Waals surface area contributed by atoms with Gasteiger partial charge in [0.2, 0.25) is 0 Å². The molecular formula is C28H18Cl2N2O3S. The summed E-state index contributed by atoms with van der Waals surface area (Å²) in [5.41, 5.74) is 0.822. The largest absolute Gasteiger partial charge is 0.497 e. The fourth-order valence-corrected chi connectivity index (χ4v) is 4.75. The van der Waals surface area contributed by atoms with Gasteiger partial charge in [-0.25, -0.2) is 4.90 Å². The third kappa shape index (κ3) is 5.39. The molecule has 4 aromatic rings. The van der Waals surface area contributed by atoms with Crippen molar-refractivity contribution in [3.63, 3.8) is 0 Å². The second-order valence-electron chi connectivity index (χ2n) is 7.48. The van der Waals surface area contributed by atoms with Crippen LogP contribution < -0.4 is 9.64 Å². The van der Waals surface area contributed by atoms with E-state index in [0.29, 0.717) is 10.5 Å². The molecule has 5 nitrogen and oxygen atoms in total. The summed E-state index contributed by atoms with van der Waals surface area (Å²) >= 11 is 13.9. The van der Waals surface area contributed by atoms with E-state index < -0.39 is 11.8 Å². The summed E-state index contributed by atoms with van der Waals surface area (Å²) < 4.78 is 5.19. The van der Waals surface area contributed by atoms with Crippen molar-refractivity contribution < 1.29 is 14.3 Å². The van der Waals surface area contributed by atoms with Gasteiger partial charge < -0.3 is 4.74 Å². The van der Waals surface area contributed by atoms with Crippen LogP contribution in [0.15, 0.2) is 101 Å². The monoisotopic (exact) mass is 532 g/mol. The summed E-state index contributed by atoms with van der Waals surface area (Å²) in [6, 6.07) is 27.3. The smallest absolute Gasteiger partial charge is 0.266 e. The minimum atomic E-state index is -0.634. The standard InChI is InChI=1S/C28H18Cl2N2O3S/c1-35-20-11-13-21(14-12-20)36-26-15-10-19(16-18(26)17-31)32(27(33)22-6-2-4-8-24(22)29)28(34)23-7-3-5-9-25(23)30/h2-16H,1H3. The maximum absolute atomic E-state index is 13.6. The highest BCUT2D eigenvalue weighted by Crippen LogP contribution is 2.35. The molecule has 2 amide bonds. The molecular weight excluding hydrogens is 515 g/mol. The van der Waals surface area contributed by atoms with Crippen LogP contribution in [-0.2, 0) is 0 Å². The zero-order valence-corrected chi connectivity index (χ0v) is 21.3. The number of methoxy groups -OCH3 is 1. The first-order chi connectivity index (χ1) is 17.4. The Morgan fingerprint density at radius 1 is 0.833 bits per heavy atom. The van der Waals surface area contributed by atoms with Crippen LogP contribution in [0.1, 0.15) is 26.3 Å². The highest BCUT2D eigenvalue weighted by Gasteiger charge is 2.29. The minimum Gasteiger partial charge on any atom is -0.497 e. The van der Waals surface area contributed by atoms with Crippen molar-refractivity contribution >= 4 is 52.5 Å². The van der Waals surface area contributed by atoms with Gasteiger partial charge in [-0.15, -0.1) is 0 Å². The maximum atomic E-state index is 13.6. The van der Waals surface area contributed by atoms with E-state index in [0.717, 1.165) is 15.5 Å². The first-order valence-corrected chi connectivity index (χ1v) is 12.2. The Hall–Kier alpha value is -3.76. The lowest BCUT2D eigenvalue weighted by atomic mass is 10.1. The lowest BCUT2D eigenvalue weighted by molar-refractivity contribution is 0.0898. The van der Waals surface area contributed by atoms with Gasteiger partial charge in [-0.1, -0.05) is 59.2 Å². The Bertz CT molecular complexity index is 1430. The van der Waals surface area contributed by atoms with E-state index >= 15 is 0 Å². The lowest BCUT2D eigenvalue weighted by Crippen LogP contribution is -2.37. The summed E-state index contributed by atoms with van der Waals surface area (Å²) in [5, 5.41) is 10.3. The predicted octanol–water partition coefficient (Wildman–Crippen LogP) is 7.51. The fourth-order valence-electron chi connectivity index (χ4n) is 3.44. The van der Waals surface area contributed by atoms with E-state index in [1.807, 2.05) is 24.3 Å². The average Bonchev–Trinajstić information content (AvgIpc) is 2.90. The zero-order chi connectivity index (χ0) is 25.7. The quantitative estimate of drug-likeness (QED) is 0.240. The van der Waals surface area contributed by atoms with E-state index in [-0.39, 0.29) is 26.9 Å². The second-order valence-corrected chi connectivity index (χ2v) is 9.41. The van der Waals surface area contributed by atoms with Crippen molar-refractivity contribution in [1.82, 2.24) is 0 Å². The number of carbonyl (C=O) groups is 2. The molecule has 0 aliphatic heterocycles. The van der Waals surface area contributed by atoms with Crippen LogP contribution in [0.2, 0.25) is 10.0 Å². The number of hydrogen-bond acceptors (Lipinski definition) is 5. The molecule has 0 fully saturated rings. The molecule has 8 heteroatoms. The molecule has 0 spiro atoms. The number of hydrogen-bond donors (Lipinski definition) is 0. The third-order valence-corrected chi connectivity index (χ3v) is 6.99. The molecule has 0 aromatic heterocycles. The summed E-state index contributed by atoms with van der Waals surface area (Å²) in [6.07, 6.45) is 0. The van der Waals surface area contributed by atoms with Crippen molar-refractivity contribution in [3.8, 4) is 11.8 Å². The number of amides is 2. The van der Waals surface area contributed by atoms with Gasteiger partial charge >= 0.3 is 0 Å². The van der Waals surface area contributed by atoms with E-state index in [4.69, 9.17) is 27.9 Å². The molecule has 0 heterocycles. The molecule has 178 valence electrons. The molecule has 0 saturated heterocycles. The molecule has 0 saturated carbocycles. The normalized spacial score (nSPS) is 10.4. The molecule has 4 rings (SSSR count). The molecule has 0 aliphatic carbocycles. The second kappa shape index (κ2) is 11.3. The Labute approximate surface area is 222 Å². The van der Waals surface area contributed by atoms with Gasteiger partial charge in [0.1, 0.15) is 11.8 Å². The SMILES string of the molecule is COc1ccc(Sc2ccc(N(C(=O)c3ccccc3Cl)C(=O)c3ccccc3Cl)cc2C#N)cc1. The Balaban J connectivity index is 1.77. The van der Waals surface area contributed by atoms with Gasteiger partial charge in [0.25, 0.3) is 11.8 Å². The average molecular weight is 533 g/mol. The van der Waals surface area contributed by atoms with Gasteiger partial charge in [0, 0.05) is 9.79 Å². The number of nitrogens with zero attached hydrogens (tertiary/aromatic N) is 2. The molecule has 36 heavy (non-hydrogen) atoms. The van der Waals surface area contributed by atoms with Gasteiger partial charge in [-0.2, -0.15) is 5.26 Å². The molecule has 0 atom stereocenters. The summed E-state index contributed by atoms with van der Waals surface area (Å²) in [5.74, 6) is -0.544. The highest BCUT2D eigenvalue weighted by molar-refractivity contribution is 7.99. The van der Waals surface area contributed by atoms with E-state index in [1.54, 1.807) is 55.6 Å². The highest BCUT2D eigenvalue weighted by atomic mass is 35.5. The first kappa shape index (κ1) is 25.3. The molecule has 0 unspecified atom stereocenters. The molecule has 0 radical (unpaired) electrons. The van der Waals surface area contributed by atoms with Crippen molar-refractivity contribution in [1.29, 1.82) is 5.26 Å². The number of nitriles is 1. The molecule has 0 aliphatic rings. The Morgan fingerprint density at radius 3 is 1.89 bits per heavy atom. The molecule has 0 bridgehead atoms. The maximum Gasteiger partial charge on any atom is 0.266 e. The van der Waals surface area contributed by atoms with E-state index in [9.17, 15) is 14.9 Å². The third-order valence-electron chi connectivity index (χ3n) is 5.24. The van der Waals surface area contributed by atoms with E-state index in [2.05, 4.69) is 6.07 Å². The van der Waals surface area contributed by atoms with Crippen molar-refractivity contribution in [2.24, 2.45) is 0 Å². The van der Waals surface area contributed by atoms with Gasteiger partial charge in [-0.05, 0) is 66.7 Å². The van der Waals surface area contributed by atoms with Gasteiger partial charge in [0.05, 0.1) is 39.5 Å². The molecule has 0 N–H and O–H groups in total. The minimum absolute atomic E-state index is 0.148. The number of halogens is 2. The van der Waals surface area contributed by atoms with Crippen LogP contribution in [0, 0.1) is 11.3 Å². The van der Waals surface area contributed by atoms with Crippen LogP contribution in [0.4, 0.5) is 5.69 Å². The Morgan fingerprint density at radius 2 is 1.39 bits per heavy atom. The van der Waals surface area contributed by atoms with Crippen LogP contribution in [0.25, 0.3) is 0 Å². The summed E-state index contributed by atoms with van der Waals surface area (Å²) in [6.45, 7) is 0. The van der Waals surface area contributed by atoms with Crippen LogP contribution in [-0.4, -0.2) is 18.9 Å². The fraction of sp³-hybridized carbons (Fsp3) is 0.0357. The Kier molecular flexibility index (Phi) is 7.97. The van der Waals surface area contributed by atoms with E-state index in [1.165, 1.54) is 30.0 Å². The van der Waals surface area contributed by atoms with Crippen LogP contribution in [0.5, 0.6) is 5.75 Å². The number of benzene rings is 4. The molecule has 4 aromatic carbocycles. The summed E-state index contributed by atoms with van der Waals surface area (Å²) in [7, 11) is 1.59. The number of rotatable bonds is 6. The predicted molar refractivity (Wildman–Crippen MR) is 142 cm³/mol.